The molecule has 1 fully saturated rings. The van der Waals surface area contributed by atoms with Gasteiger partial charge in [0, 0.05) is 32.0 Å². The zero-order chi connectivity index (χ0) is 18.6. The molecule has 3 rings (SSSR count). The first kappa shape index (κ1) is 19.1. The average molecular weight is 397 g/mol. The normalized spacial score (nSPS) is 17.9. The van der Waals surface area contributed by atoms with Gasteiger partial charge in [-0.25, -0.2) is 8.42 Å². The fourth-order valence-electron chi connectivity index (χ4n) is 3.29. The van der Waals surface area contributed by atoms with Gasteiger partial charge in [0.25, 0.3) is 10.0 Å². The van der Waals surface area contributed by atoms with Gasteiger partial charge < -0.3 is 9.73 Å². The molecule has 2 aromatic heterocycles. The van der Waals surface area contributed by atoms with Crippen LogP contribution in [0.1, 0.15) is 25.5 Å². The van der Waals surface area contributed by atoms with Gasteiger partial charge in [-0.1, -0.05) is 13.0 Å². The maximum atomic E-state index is 12.6. The fourth-order valence-corrected chi connectivity index (χ4v) is 5.91. The van der Waals surface area contributed by atoms with E-state index in [1.54, 1.807) is 23.8 Å². The molecule has 142 valence electrons. The van der Waals surface area contributed by atoms with Crippen molar-refractivity contribution in [1.82, 2.24) is 9.62 Å². The molecule has 1 unspecified atom stereocenters. The summed E-state index contributed by atoms with van der Waals surface area (Å²) in [6.45, 7) is 3.41. The number of hydrogen-bond acceptors (Lipinski definition) is 5. The summed E-state index contributed by atoms with van der Waals surface area (Å²) in [6, 6.07) is 7.11. The van der Waals surface area contributed by atoms with Crippen molar-refractivity contribution in [2.24, 2.45) is 11.8 Å². The third kappa shape index (κ3) is 4.36. The van der Waals surface area contributed by atoms with E-state index in [0.29, 0.717) is 43.1 Å². The predicted molar refractivity (Wildman–Crippen MR) is 100 cm³/mol. The van der Waals surface area contributed by atoms with E-state index in [4.69, 9.17) is 4.42 Å². The number of piperidine rings is 1. The zero-order valence-electron chi connectivity index (χ0n) is 14.8. The van der Waals surface area contributed by atoms with Crippen molar-refractivity contribution < 1.29 is 17.6 Å². The van der Waals surface area contributed by atoms with Crippen molar-refractivity contribution in [2.45, 2.75) is 30.4 Å². The minimum absolute atomic E-state index is 0.0242. The van der Waals surface area contributed by atoms with E-state index in [-0.39, 0.29) is 17.7 Å². The Kier molecular flexibility index (Phi) is 6.16. The van der Waals surface area contributed by atoms with E-state index < -0.39 is 10.0 Å². The van der Waals surface area contributed by atoms with Gasteiger partial charge in [0.05, 0.1) is 6.26 Å². The highest BCUT2D eigenvalue weighted by Gasteiger charge is 2.33. The number of sulfonamides is 1. The smallest absolute Gasteiger partial charge is 0.252 e. The van der Waals surface area contributed by atoms with E-state index >= 15 is 0 Å². The van der Waals surface area contributed by atoms with E-state index in [0.717, 1.165) is 5.76 Å². The van der Waals surface area contributed by atoms with Crippen molar-refractivity contribution in [1.29, 1.82) is 0 Å². The van der Waals surface area contributed by atoms with Gasteiger partial charge in [0.2, 0.25) is 5.91 Å². The Morgan fingerprint density at radius 2 is 2.12 bits per heavy atom. The third-order valence-corrected chi connectivity index (χ3v) is 8.23. The van der Waals surface area contributed by atoms with Crippen LogP contribution in [0.15, 0.2) is 44.5 Å². The van der Waals surface area contributed by atoms with E-state index in [1.165, 1.54) is 15.6 Å². The molecule has 0 saturated carbocycles. The molecule has 1 aliphatic rings. The van der Waals surface area contributed by atoms with Crippen LogP contribution in [0.3, 0.4) is 0 Å². The van der Waals surface area contributed by atoms with Crippen LogP contribution < -0.4 is 5.32 Å². The summed E-state index contributed by atoms with van der Waals surface area (Å²) in [6.07, 6.45) is 3.70. The molecular weight excluding hydrogens is 372 g/mol. The molecule has 1 amide bonds. The Labute approximate surface area is 158 Å². The van der Waals surface area contributed by atoms with Gasteiger partial charge in [-0.2, -0.15) is 4.31 Å². The molecule has 1 aliphatic heterocycles. The van der Waals surface area contributed by atoms with Crippen LogP contribution in [0.25, 0.3) is 0 Å². The molecule has 0 aliphatic carbocycles. The Hall–Kier alpha value is -1.64. The molecule has 1 atom stereocenters. The number of thiophene rings is 1. The maximum absolute atomic E-state index is 12.6. The second kappa shape index (κ2) is 8.37. The quantitative estimate of drug-likeness (QED) is 0.780. The molecule has 26 heavy (non-hydrogen) atoms. The van der Waals surface area contributed by atoms with Gasteiger partial charge in [-0.15, -0.1) is 11.3 Å². The average Bonchev–Trinajstić information content (AvgIpc) is 3.35. The Balaban J connectivity index is 1.47. The third-order valence-electron chi connectivity index (χ3n) is 4.96. The molecule has 0 radical (unpaired) electrons. The molecule has 0 aromatic carbocycles. The van der Waals surface area contributed by atoms with Crippen molar-refractivity contribution in [3.8, 4) is 0 Å². The van der Waals surface area contributed by atoms with Gasteiger partial charge in [0.15, 0.2) is 0 Å². The maximum Gasteiger partial charge on any atom is 0.252 e. The molecule has 8 heteroatoms. The van der Waals surface area contributed by atoms with E-state index in [1.807, 2.05) is 19.1 Å². The predicted octanol–water partition coefficient (Wildman–Crippen LogP) is 2.74. The Bertz CT molecular complexity index is 792. The van der Waals surface area contributed by atoms with Crippen LogP contribution in [0.5, 0.6) is 0 Å². The van der Waals surface area contributed by atoms with Gasteiger partial charge in [-0.3, -0.25) is 4.79 Å². The van der Waals surface area contributed by atoms with E-state index in [2.05, 4.69) is 5.32 Å². The highest BCUT2D eigenvalue weighted by molar-refractivity contribution is 7.91. The van der Waals surface area contributed by atoms with Crippen LogP contribution in [-0.4, -0.2) is 38.3 Å². The molecule has 1 saturated heterocycles. The summed E-state index contributed by atoms with van der Waals surface area (Å²) >= 11 is 1.24. The van der Waals surface area contributed by atoms with Crippen molar-refractivity contribution >= 4 is 27.3 Å². The first-order valence-corrected chi connectivity index (χ1v) is 11.1. The molecule has 6 nitrogen and oxygen atoms in total. The van der Waals surface area contributed by atoms with Crippen LogP contribution in [-0.2, 0) is 21.2 Å². The number of amides is 1. The number of hydrogen-bond donors (Lipinski definition) is 1. The molecule has 0 bridgehead atoms. The van der Waals surface area contributed by atoms with Gasteiger partial charge in [0.1, 0.15) is 9.97 Å². The molecule has 2 aromatic rings. The molecule has 0 spiro atoms. The number of carbonyl (C=O) groups is 1. The summed E-state index contributed by atoms with van der Waals surface area (Å²) < 4.78 is 32.3. The van der Waals surface area contributed by atoms with Crippen molar-refractivity contribution in [2.75, 3.05) is 19.6 Å². The van der Waals surface area contributed by atoms with E-state index in [9.17, 15) is 13.2 Å². The topological polar surface area (TPSA) is 79.6 Å². The molecule has 3 heterocycles. The summed E-state index contributed by atoms with van der Waals surface area (Å²) in [5.41, 5.74) is 0. The summed E-state index contributed by atoms with van der Waals surface area (Å²) in [5, 5.41) is 4.73. The largest absolute Gasteiger partial charge is 0.469 e. The minimum atomic E-state index is -3.39. The lowest BCUT2D eigenvalue weighted by Gasteiger charge is -2.33. The van der Waals surface area contributed by atoms with Gasteiger partial charge >= 0.3 is 0 Å². The SMILES string of the molecule is CC(C(=O)NCCc1ccco1)C1CCN(S(=O)(=O)c2cccs2)CC1. The standard InChI is InChI=1S/C18H24N2O4S2/c1-14(18(21)19-9-6-16-4-2-12-24-16)15-7-10-20(11-8-15)26(22,23)17-5-3-13-25-17/h2-5,12-15H,6-11H2,1H3,(H,19,21). The summed E-state index contributed by atoms with van der Waals surface area (Å²) in [5.74, 6) is 0.952. The van der Waals surface area contributed by atoms with Crippen LogP contribution in [0, 0.1) is 11.8 Å². The van der Waals surface area contributed by atoms with Crippen molar-refractivity contribution in [3.63, 3.8) is 0 Å². The second-order valence-electron chi connectivity index (χ2n) is 6.58. The summed E-state index contributed by atoms with van der Waals surface area (Å²) in [4.78, 5) is 12.4. The highest BCUT2D eigenvalue weighted by Crippen LogP contribution is 2.29. The zero-order valence-corrected chi connectivity index (χ0v) is 16.4. The Morgan fingerprint density at radius 3 is 2.73 bits per heavy atom. The number of furan rings is 1. The monoisotopic (exact) mass is 396 g/mol. The lowest BCUT2D eigenvalue weighted by atomic mass is 9.85. The summed E-state index contributed by atoms with van der Waals surface area (Å²) in [7, 11) is -3.39. The lowest BCUT2D eigenvalue weighted by molar-refractivity contribution is -0.126. The number of nitrogens with zero attached hydrogens (tertiary/aromatic N) is 1. The lowest BCUT2D eigenvalue weighted by Crippen LogP contribution is -2.42. The number of nitrogens with one attached hydrogen (secondary N) is 1. The Morgan fingerprint density at radius 1 is 1.35 bits per heavy atom. The first-order valence-electron chi connectivity index (χ1n) is 8.82. The molecular formula is C18H24N2O4S2. The van der Waals surface area contributed by atoms with Crippen LogP contribution in [0.2, 0.25) is 0 Å². The molecule has 1 N–H and O–H groups in total. The van der Waals surface area contributed by atoms with Gasteiger partial charge in [-0.05, 0) is 42.3 Å². The first-order chi connectivity index (χ1) is 12.5. The van der Waals surface area contributed by atoms with Crippen molar-refractivity contribution in [3.05, 3.63) is 41.7 Å². The number of carbonyl (C=O) groups excluding carboxylic acids is 1. The second-order valence-corrected chi connectivity index (χ2v) is 9.70. The highest BCUT2D eigenvalue weighted by atomic mass is 32.2. The fraction of sp³-hybridized carbons (Fsp3) is 0.500. The van der Waals surface area contributed by atoms with Crippen LogP contribution >= 0.6 is 11.3 Å². The van der Waals surface area contributed by atoms with Crippen LogP contribution in [0.4, 0.5) is 0 Å². The minimum Gasteiger partial charge on any atom is -0.469 e. The number of rotatable bonds is 7.